The quantitative estimate of drug-likeness (QED) is 0.647. The van der Waals surface area contributed by atoms with Crippen molar-refractivity contribution in [3.63, 3.8) is 0 Å². The average molecular weight is 343 g/mol. The molecule has 2 rings (SSSR count). The smallest absolute Gasteiger partial charge is 0.335 e. The fourth-order valence-electron chi connectivity index (χ4n) is 2.48. The van der Waals surface area contributed by atoms with Gasteiger partial charge in [-0.2, -0.15) is 0 Å². The van der Waals surface area contributed by atoms with Crippen LogP contribution in [0.1, 0.15) is 33.5 Å². The van der Waals surface area contributed by atoms with Crippen LogP contribution in [0, 0.1) is 6.92 Å². The number of hydrogen-bond acceptors (Lipinski definition) is 4. The molecule has 2 N–H and O–H groups in total. The van der Waals surface area contributed by atoms with Crippen LogP contribution < -0.4 is 10.1 Å². The molecule has 2 aromatic rings. The van der Waals surface area contributed by atoms with Gasteiger partial charge < -0.3 is 19.9 Å². The third-order valence-electron chi connectivity index (χ3n) is 3.79. The first kappa shape index (κ1) is 19.0. The molecule has 0 heterocycles. The van der Waals surface area contributed by atoms with E-state index in [0.717, 1.165) is 28.9 Å². The van der Waals surface area contributed by atoms with Crippen LogP contribution in [0.15, 0.2) is 42.5 Å². The largest absolute Gasteiger partial charge is 0.493 e. The summed E-state index contributed by atoms with van der Waals surface area (Å²) in [7, 11) is 1.68. The van der Waals surface area contributed by atoms with Crippen molar-refractivity contribution in [1.82, 2.24) is 5.32 Å². The van der Waals surface area contributed by atoms with Gasteiger partial charge in [0.1, 0.15) is 5.75 Å². The van der Waals surface area contributed by atoms with Crippen molar-refractivity contribution in [3.8, 4) is 5.75 Å². The molecule has 0 aromatic heterocycles. The van der Waals surface area contributed by atoms with Crippen LogP contribution in [0.2, 0.25) is 0 Å². The Morgan fingerprint density at radius 1 is 1.12 bits per heavy atom. The summed E-state index contributed by atoms with van der Waals surface area (Å²) >= 11 is 0. The summed E-state index contributed by atoms with van der Waals surface area (Å²) in [5.41, 5.74) is 3.48. The molecule has 0 aliphatic rings. The molecule has 2 aromatic carbocycles. The molecule has 0 fully saturated rings. The lowest BCUT2D eigenvalue weighted by Gasteiger charge is -2.13. The lowest BCUT2D eigenvalue weighted by molar-refractivity contribution is 0.0696. The first-order valence-corrected chi connectivity index (χ1v) is 8.34. The molecule has 0 atom stereocenters. The third kappa shape index (κ3) is 6.21. The van der Waals surface area contributed by atoms with Crippen LogP contribution in [0.4, 0.5) is 0 Å². The minimum absolute atomic E-state index is 0.303. The number of carbonyl (C=O) groups is 1. The first-order chi connectivity index (χ1) is 12.1. The summed E-state index contributed by atoms with van der Waals surface area (Å²) in [5.74, 6) is -0.0324. The molecule has 0 radical (unpaired) electrons. The van der Waals surface area contributed by atoms with E-state index in [-0.39, 0.29) is 0 Å². The summed E-state index contributed by atoms with van der Waals surface area (Å²) in [4.78, 5) is 11.0. The topological polar surface area (TPSA) is 67.8 Å². The van der Waals surface area contributed by atoms with Gasteiger partial charge in [-0.25, -0.2) is 4.79 Å². The second-order valence-electron chi connectivity index (χ2n) is 5.92. The second-order valence-corrected chi connectivity index (χ2v) is 5.92. The number of hydrogen-bond donors (Lipinski definition) is 2. The Morgan fingerprint density at radius 2 is 1.96 bits per heavy atom. The fourth-order valence-corrected chi connectivity index (χ4v) is 2.48. The Bertz CT molecular complexity index is 700. The second kappa shape index (κ2) is 9.81. The van der Waals surface area contributed by atoms with Gasteiger partial charge in [-0.3, -0.25) is 0 Å². The van der Waals surface area contributed by atoms with E-state index in [4.69, 9.17) is 14.6 Å². The molecule has 25 heavy (non-hydrogen) atoms. The van der Waals surface area contributed by atoms with Gasteiger partial charge in [0.2, 0.25) is 0 Å². The van der Waals surface area contributed by atoms with Crippen molar-refractivity contribution in [2.24, 2.45) is 0 Å². The molecule has 0 spiro atoms. The highest BCUT2D eigenvalue weighted by atomic mass is 16.5. The summed E-state index contributed by atoms with van der Waals surface area (Å²) in [6.45, 7) is 4.58. The average Bonchev–Trinajstić information content (AvgIpc) is 2.60. The van der Waals surface area contributed by atoms with E-state index in [1.54, 1.807) is 25.3 Å². The number of aryl methyl sites for hydroxylation is 1. The Hall–Kier alpha value is -2.37. The Morgan fingerprint density at radius 3 is 2.72 bits per heavy atom. The van der Waals surface area contributed by atoms with E-state index < -0.39 is 5.97 Å². The predicted molar refractivity (Wildman–Crippen MR) is 97.1 cm³/mol. The van der Waals surface area contributed by atoms with Crippen LogP contribution in [-0.2, 0) is 17.8 Å². The van der Waals surface area contributed by atoms with Crippen LogP contribution in [0.25, 0.3) is 0 Å². The Balaban J connectivity index is 1.93. The zero-order valence-electron chi connectivity index (χ0n) is 14.7. The van der Waals surface area contributed by atoms with Gasteiger partial charge >= 0.3 is 5.97 Å². The first-order valence-electron chi connectivity index (χ1n) is 8.34. The van der Waals surface area contributed by atoms with Crippen molar-refractivity contribution < 1.29 is 19.4 Å². The zero-order valence-corrected chi connectivity index (χ0v) is 14.7. The Kier molecular flexibility index (Phi) is 7.44. The van der Waals surface area contributed by atoms with Gasteiger partial charge in [-0.05, 0) is 36.2 Å². The summed E-state index contributed by atoms with van der Waals surface area (Å²) in [5, 5.41) is 12.4. The van der Waals surface area contributed by atoms with E-state index in [1.807, 2.05) is 19.1 Å². The van der Waals surface area contributed by atoms with E-state index >= 15 is 0 Å². The van der Waals surface area contributed by atoms with E-state index in [1.165, 1.54) is 0 Å². The highest BCUT2D eigenvalue weighted by Crippen LogP contribution is 2.20. The molecule has 0 bridgehead atoms. The third-order valence-corrected chi connectivity index (χ3v) is 3.79. The molecule has 0 aliphatic heterocycles. The number of aromatic carboxylic acids is 1. The number of benzene rings is 2. The molecule has 0 amide bonds. The minimum atomic E-state index is -0.910. The van der Waals surface area contributed by atoms with Gasteiger partial charge in [0.25, 0.3) is 0 Å². The molecular formula is C20H25NO4. The van der Waals surface area contributed by atoms with Crippen LogP contribution in [0.5, 0.6) is 5.75 Å². The molecule has 5 nitrogen and oxygen atoms in total. The van der Waals surface area contributed by atoms with Crippen molar-refractivity contribution in [1.29, 1.82) is 0 Å². The van der Waals surface area contributed by atoms with Crippen molar-refractivity contribution >= 4 is 5.97 Å². The summed E-state index contributed by atoms with van der Waals surface area (Å²) in [6, 6.07) is 13.1. The van der Waals surface area contributed by atoms with Crippen molar-refractivity contribution in [2.75, 3.05) is 20.3 Å². The minimum Gasteiger partial charge on any atom is -0.493 e. The maximum Gasteiger partial charge on any atom is 0.335 e. The van der Waals surface area contributed by atoms with Gasteiger partial charge in [-0.15, -0.1) is 0 Å². The number of nitrogens with one attached hydrogen (secondary N) is 1. The van der Waals surface area contributed by atoms with Crippen molar-refractivity contribution in [3.05, 3.63) is 64.7 Å². The standard InChI is InChI=1S/C20H25NO4/c1-15-7-8-18(19(11-15)25-10-4-9-24-2)14-21-13-16-5-3-6-17(12-16)20(22)23/h3,5-8,11-12,21H,4,9-10,13-14H2,1-2H3,(H,22,23). The van der Waals surface area contributed by atoms with E-state index in [0.29, 0.717) is 31.9 Å². The molecule has 0 saturated carbocycles. The molecule has 0 saturated heterocycles. The van der Waals surface area contributed by atoms with Crippen LogP contribution in [-0.4, -0.2) is 31.4 Å². The molecule has 5 heteroatoms. The molecule has 0 unspecified atom stereocenters. The SMILES string of the molecule is COCCCOc1cc(C)ccc1CNCc1cccc(C(=O)O)c1. The van der Waals surface area contributed by atoms with Gasteiger partial charge in [0.15, 0.2) is 0 Å². The Labute approximate surface area is 148 Å². The fraction of sp³-hybridized carbons (Fsp3) is 0.350. The lowest BCUT2D eigenvalue weighted by Crippen LogP contribution is -2.14. The maximum atomic E-state index is 11.0. The monoisotopic (exact) mass is 343 g/mol. The van der Waals surface area contributed by atoms with Gasteiger partial charge in [-0.1, -0.05) is 24.3 Å². The van der Waals surface area contributed by atoms with Crippen molar-refractivity contribution in [2.45, 2.75) is 26.4 Å². The van der Waals surface area contributed by atoms with Gasteiger partial charge in [0.05, 0.1) is 12.2 Å². The summed E-state index contributed by atoms with van der Waals surface area (Å²) < 4.78 is 10.9. The van der Waals surface area contributed by atoms with Crippen LogP contribution >= 0.6 is 0 Å². The van der Waals surface area contributed by atoms with Gasteiger partial charge in [0, 0.05) is 38.8 Å². The predicted octanol–water partition coefficient (Wildman–Crippen LogP) is 3.40. The normalized spacial score (nSPS) is 10.6. The highest BCUT2D eigenvalue weighted by molar-refractivity contribution is 5.87. The number of carboxylic acids is 1. The number of methoxy groups -OCH3 is 1. The summed E-state index contributed by atoms with van der Waals surface area (Å²) in [6.07, 6.45) is 0.847. The molecule has 134 valence electrons. The molecular weight excluding hydrogens is 318 g/mol. The molecule has 0 aliphatic carbocycles. The number of ether oxygens (including phenoxy) is 2. The zero-order chi connectivity index (χ0) is 18.1. The number of rotatable bonds is 10. The van der Waals surface area contributed by atoms with E-state index in [9.17, 15) is 4.79 Å². The lowest BCUT2D eigenvalue weighted by atomic mass is 10.1. The highest BCUT2D eigenvalue weighted by Gasteiger charge is 2.06. The van der Waals surface area contributed by atoms with E-state index in [2.05, 4.69) is 17.4 Å². The van der Waals surface area contributed by atoms with Crippen LogP contribution in [0.3, 0.4) is 0 Å². The number of carboxylic acid groups (broad SMARTS) is 1. The maximum absolute atomic E-state index is 11.0.